The molecular weight excluding hydrogens is 346 g/mol. The first-order valence-corrected chi connectivity index (χ1v) is 8.50. The standard InChI is InChI=1S/C20H21N3O4/c1-22(2)19(25)13-7-9-14(10-8-13)21-17-12-18(24)23(20(17)26)15-5-4-6-16(11-15)27-3/h4-11,17,21H,12H2,1-3H3/t17-/m0/s1. The van der Waals surface area contributed by atoms with Gasteiger partial charge in [-0.15, -0.1) is 0 Å². The summed E-state index contributed by atoms with van der Waals surface area (Å²) in [6.45, 7) is 0. The predicted molar refractivity (Wildman–Crippen MR) is 102 cm³/mol. The number of nitrogens with one attached hydrogen (secondary N) is 1. The van der Waals surface area contributed by atoms with Crippen molar-refractivity contribution >= 4 is 29.1 Å². The smallest absolute Gasteiger partial charge is 0.256 e. The molecule has 0 aromatic heterocycles. The van der Waals surface area contributed by atoms with Gasteiger partial charge < -0.3 is 15.0 Å². The maximum atomic E-state index is 12.7. The molecule has 1 fully saturated rings. The number of nitrogens with zero attached hydrogens (tertiary/aromatic N) is 2. The van der Waals surface area contributed by atoms with Crippen molar-refractivity contribution in [2.24, 2.45) is 0 Å². The molecule has 0 saturated carbocycles. The molecule has 1 aliphatic rings. The fraction of sp³-hybridized carbons (Fsp3) is 0.250. The van der Waals surface area contributed by atoms with Gasteiger partial charge >= 0.3 is 0 Å². The number of amides is 3. The first-order chi connectivity index (χ1) is 12.9. The second-order valence-corrected chi connectivity index (χ2v) is 6.45. The van der Waals surface area contributed by atoms with E-state index >= 15 is 0 Å². The number of imide groups is 1. The number of hydrogen-bond donors (Lipinski definition) is 1. The number of carbonyl (C=O) groups is 3. The van der Waals surface area contributed by atoms with Gasteiger partial charge in [0.25, 0.3) is 11.8 Å². The average molecular weight is 367 g/mol. The molecule has 7 nitrogen and oxygen atoms in total. The van der Waals surface area contributed by atoms with E-state index in [9.17, 15) is 14.4 Å². The molecule has 0 unspecified atom stereocenters. The molecule has 1 atom stereocenters. The summed E-state index contributed by atoms with van der Waals surface area (Å²) in [6, 6.07) is 13.0. The third kappa shape index (κ3) is 3.76. The van der Waals surface area contributed by atoms with Crippen LogP contribution >= 0.6 is 0 Å². The quantitative estimate of drug-likeness (QED) is 0.819. The van der Waals surface area contributed by atoms with Crippen molar-refractivity contribution in [1.29, 1.82) is 0 Å². The number of methoxy groups -OCH3 is 1. The molecule has 140 valence electrons. The Bertz CT molecular complexity index is 877. The van der Waals surface area contributed by atoms with Crippen LogP contribution in [0.5, 0.6) is 5.75 Å². The summed E-state index contributed by atoms with van der Waals surface area (Å²) in [7, 11) is 4.90. The highest BCUT2D eigenvalue weighted by molar-refractivity contribution is 6.23. The highest BCUT2D eigenvalue weighted by Crippen LogP contribution is 2.27. The van der Waals surface area contributed by atoms with Gasteiger partial charge in [0.05, 0.1) is 19.2 Å². The number of anilines is 2. The Morgan fingerprint density at radius 3 is 2.48 bits per heavy atom. The molecule has 1 N–H and O–H groups in total. The fourth-order valence-corrected chi connectivity index (χ4v) is 2.93. The van der Waals surface area contributed by atoms with E-state index in [4.69, 9.17) is 4.74 Å². The lowest BCUT2D eigenvalue weighted by Crippen LogP contribution is -2.34. The van der Waals surface area contributed by atoms with Crippen molar-refractivity contribution in [2.75, 3.05) is 31.4 Å². The van der Waals surface area contributed by atoms with Gasteiger partial charge in [0.1, 0.15) is 11.8 Å². The van der Waals surface area contributed by atoms with Gasteiger partial charge in [0.15, 0.2) is 0 Å². The average Bonchev–Trinajstić information content (AvgIpc) is 2.95. The van der Waals surface area contributed by atoms with Crippen LogP contribution in [0, 0.1) is 0 Å². The predicted octanol–water partition coefficient (Wildman–Crippen LogP) is 2.14. The SMILES string of the molecule is COc1cccc(N2C(=O)C[C@H](Nc3ccc(C(=O)N(C)C)cc3)C2=O)c1. The van der Waals surface area contributed by atoms with Crippen molar-refractivity contribution in [1.82, 2.24) is 4.90 Å². The normalized spacial score (nSPS) is 16.4. The molecule has 1 heterocycles. The van der Waals surface area contributed by atoms with Crippen LogP contribution in [0.25, 0.3) is 0 Å². The number of benzene rings is 2. The van der Waals surface area contributed by atoms with Crippen LogP contribution in [0.4, 0.5) is 11.4 Å². The highest BCUT2D eigenvalue weighted by Gasteiger charge is 2.39. The van der Waals surface area contributed by atoms with E-state index in [1.54, 1.807) is 62.6 Å². The van der Waals surface area contributed by atoms with Crippen molar-refractivity contribution in [2.45, 2.75) is 12.5 Å². The van der Waals surface area contributed by atoms with Gasteiger partial charge in [-0.2, -0.15) is 0 Å². The number of carbonyl (C=O) groups excluding carboxylic acids is 3. The van der Waals surface area contributed by atoms with Crippen molar-refractivity contribution < 1.29 is 19.1 Å². The van der Waals surface area contributed by atoms with Gasteiger partial charge in [-0.05, 0) is 36.4 Å². The van der Waals surface area contributed by atoms with Crippen molar-refractivity contribution in [3.05, 3.63) is 54.1 Å². The van der Waals surface area contributed by atoms with Crippen LogP contribution in [-0.2, 0) is 9.59 Å². The van der Waals surface area contributed by atoms with E-state index in [1.165, 1.54) is 16.9 Å². The Balaban J connectivity index is 1.74. The van der Waals surface area contributed by atoms with Gasteiger partial charge in [-0.1, -0.05) is 6.07 Å². The van der Waals surface area contributed by atoms with Crippen LogP contribution in [0.15, 0.2) is 48.5 Å². The summed E-state index contributed by atoms with van der Waals surface area (Å²) in [5, 5.41) is 3.08. The summed E-state index contributed by atoms with van der Waals surface area (Å²) in [6.07, 6.45) is 0.0639. The molecule has 7 heteroatoms. The van der Waals surface area contributed by atoms with E-state index in [2.05, 4.69) is 5.32 Å². The summed E-state index contributed by atoms with van der Waals surface area (Å²) >= 11 is 0. The third-order valence-corrected chi connectivity index (χ3v) is 4.34. The van der Waals surface area contributed by atoms with E-state index in [0.717, 1.165) is 0 Å². The Morgan fingerprint density at radius 1 is 1.15 bits per heavy atom. The second-order valence-electron chi connectivity index (χ2n) is 6.45. The molecule has 1 saturated heterocycles. The molecule has 0 aliphatic carbocycles. The lowest BCUT2D eigenvalue weighted by atomic mass is 10.1. The summed E-state index contributed by atoms with van der Waals surface area (Å²) in [4.78, 5) is 39.7. The van der Waals surface area contributed by atoms with Crippen LogP contribution < -0.4 is 15.0 Å². The Hall–Kier alpha value is -3.35. The van der Waals surface area contributed by atoms with Gasteiger partial charge in [0, 0.05) is 31.4 Å². The fourth-order valence-electron chi connectivity index (χ4n) is 2.93. The number of rotatable bonds is 5. The molecule has 3 rings (SSSR count). The lowest BCUT2D eigenvalue weighted by molar-refractivity contribution is -0.121. The van der Waals surface area contributed by atoms with Gasteiger partial charge in [-0.25, -0.2) is 4.90 Å². The molecule has 0 bridgehead atoms. The molecule has 27 heavy (non-hydrogen) atoms. The van der Waals surface area contributed by atoms with Crippen LogP contribution in [0.3, 0.4) is 0 Å². The van der Waals surface area contributed by atoms with Crippen LogP contribution in [0.1, 0.15) is 16.8 Å². The highest BCUT2D eigenvalue weighted by atomic mass is 16.5. The molecule has 2 aromatic rings. The van der Waals surface area contributed by atoms with Gasteiger partial charge in [0.2, 0.25) is 5.91 Å². The minimum absolute atomic E-state index is 0.0639. The maximum absolute atomic E-state index is 12.7. The Labute approximate surface area is 157 Å². The van der Waals surface area contributed by atoms with E-state index in [-0.39, 0.29) is 24.1 Å². The minimum Gasteiger partial charge on any atom is -0.497 e. The molecular formula is C20H21N3O4. The first-order valence-electron chi connectivity index (χ1n) is 8.50. The molecule has 0 spiro atoms. The van der Waals surface area contributed by atoms with Gasteiger partial charge in [-0.3, -0.25) is 14.4 Å². The molecule has 3 amide bonds. The molecule has 1 aliphatic heterocycles. The van der Waals surface area contributed by atoms with E-state index in [0.29, 0.717) is 22.7 Å². The summed E-state index contributed by atoms with van der Waals surface area (Å²) in [5.74, 6) is -0.115. The Kier molecular flexibility index (Phi) is 5.12. The van der Waals surface area contributed by atoms with Crippen molar-refractivity contribution in [3.8, 4) is 5.75 Å². The Morgan fingerprint density at radius 2 is 1.85 bits per heavy atom. The zero-order valence-corrected chi connectivity index (χ0v) is 15.4. The summed E-state index contributed by atoms with van der Waals surface area (Å²) < 4.78 is 5.16. The second kappa shape index (κ2) is 7.49. The maximum Gasteiger partial charge on any atom is 0.256 e. The van der Waals surface area contributed by atoms with Crippen LogP contribution in [0.2, 0.25) is 0 Å². The topological polar surface area (TPSA) is 79.0 Å². The van der Waals surface area contributed by atoms with E-state index < -0.39 is 6.04 Å². The summed E-state index contributed by atoms with van der Waals surface area (Å²) in [5.41, 5.74) is 1.71. The van der Waals surface area contributed by atoms with E-state index in [1.807, 2.05) is 0 Å². The monoisotopic (exact) mass is 367 g/mol. The lowest BCUT2D eigenvalue weighted by Gasteiger charge is -2.17. The molecule has 0 radical (unpaired) electrons. The zero-order chi connectivity index (χ0) is 19.6. The number of hydrogen-bond acceptors (Lipinski definition) is 5. The van der Waals surface area contributed by atoms with Crippen molar-refractivity contribution in [3.63, 3.8) is 0 Å². The largest absolute Gasteiger partial charge is 0.497 e. The number of ether oxygens (including phenoxy) is 1. The third-order valence-electron chi connectivity index (χ3n) is 4.34. The minimum atomic E-state index is -0.654. The zero-order valence-electron chi connectivity index (χ0n) is 15.4. The molecule has 2 aromatic carbocycles. The first kappa shape index (κ1) is 18.4. The van der Waals surface area contributed by atoms with Crippen LogP contribution in [-0.4, -0.2) is 49.9 Å².